The third kappa shape index (κ3) is 8.33. The number of hydrogen-bond acceptors (Lipinski definition) is 6. The van der Waals surface area contributed by atoms with Crippen molar-refractivity contribution in [1.82, 2.24) is 10.2 Å². The minimum atomic E-state index is -0.190. The molecule has 1 atom stereocenters. The summed E-state index contributed by atoms with van der Waals surface area (Å²) in [5.74, 6) is 0.126. The van der Waals surface area contributed by atoms with Crippen LogP contribution in [-0.2, 0) is 23.7 Å². The quantitative estimate of drug-likeness (QED) is 0.519. The lowest BCUT2D eigenvalue weighted by molar-refractivity contribution is -0.137. The summed E-state index contributed by atoms with van der Waals surface area (Å²) in [5, 5.41) is 3.17. The molecular weight excluding hydrogens is 276 g/mol. The summed E-state index contributed by atoms with van der Waals surface area (Å²) in [6, 6.07) is -0.190. The molecule has 1 fully saturated rings. The zero-order valence-corrected chi connectivity index (χ0v) is 13.1. The molecule has 7 nitrogen and oxygen atoms in total. The Morgan fingerprint density at radius 1 is 1.14 bits per heavy atom. The maximum absolute atomic E-state index is 12.1. The number of methoxy groups -OCH3 is 1. The SMILES string of the molecule is COCCOCCOCCNC(C)C(=O)N1CCOCC1. The maximum Gasteiger partial charge on any atom is 0.239 e. The molecule has 21 heavy (non-hydrogen) atoms. The predicted molar refractivity (Wildman–Crippen MR) is 78.4 cm³/mol. The van der Waals surface area contributed by atoms with Crippen LogP contribution in [0, 0.1) is 0 Å². The summed E-state index contributed by atoms with van der Waals surface area (Å²) in [6.07, 6.45) is 0. The van der Waals surface area contributed by atoms with Crippen molar-refractivity contribution in [1.29, 1.82) is 0 Å². The Balaban J connectivity index is 1.95. The van der Waals surface area contributed by atoms with Gasteiger partial charge in [0.15, 0.2) is 0 Å². The molecule has 0 radical (unpaired) electrons. The minimum Gasteiger partial charge on any atom is -0.382 e. The van der Waals surface area contributed by atoms with Gasteiger partial charge in [0.05, 0.1) is 52.3 Å². The van der Waals surface area contributed by atoms with Gasteiger partial charge in [-0.05, 0) is 6.92 Å². The van der Waals surface area contributed by atoms with Crippen LogP contribution in [0.4, 0.5) is 0 Å². The van der Waals surface area contributed by atoms with E-state index in [-0.39, 0.29) is 11.9 Å². The number of rotatable bonds is 11. The van der Waals surface area contributed by atoms with Crippen molar-refractivity contribution in [3.63, 3.8) is 0 Å². The summed E-state index contributed by atoms with van der Waals surface area (Å²) < 4.78 is 20.8. The largest absolute Gasteiger partial charge is 0.382 e. The Morgan fingerprint density at radius 2 is 1.76 bits per heavy atom. The number of nitrogens with one attached hydrogen (secondary N) is 1. The molecule has 0 aromatic heterocycles. The van der Waals surface area contributed by atoms with Gasteiger partial charge in [-0.25, -0.2) is 0 Å². The summed E-state index contributed by atoms with van der Waals surface area (Å²) in [5.41, 5.74) is 0. The van der Waals surface area contributed by atoms with Crippen molar-refractivity contribution in [2.45, 2.75) is 13.0 Å². The van der Waals surface area contributed by atoms with Crippen LogP contribution in [0.3, 0.4) is 0 Å². The number of morpholine rings is 1. The van der Waals surface area contributed by atoms with Crippen LogP contribution in [0.15, 0.2) is 0 Å². The number of nitrogens with zero attached hydrogens (tertiary/aromatic N) is 1. The van der Waals surface area contributed by atoms with Gasteiger partial charge < -0.3 is 29.2 Å². The zero-order valence-electron chi connectivity index (χ0n) is 13.1. The van der Waals surface area contributed by atoms with E-state index in [4.69, 9.17) is 18.9 Å². The molecule has 0 spiro atoms. The van der Waals surface area contributed by atoms with Gasteiger partial charge >= 0.3 is 0 Å². The molecule has 1 unspecified atom stereocenters. The molecule has 0 bridgehead atoms. The van der Waals surface area contributed by atoms with E-state index in [0.717, 1.165) is 0 Å². The fourth-order valence-corrected chi connectivity index (χ4v) is 1.96. The van der Waals surface area contributed by atoms with Gasteiger partial charge in [0.25, 0.3) is 0 Å². The van der Waals surface area contributed by atoms with Crippen LogP contribution >= 0.6 is 0 Å². The number of hydrogen-bond donors (Lipinski definition) is 1. The molecule has 0 aromatic carbocycles. The van der Waals surface area contributed by atoms with Crippen LogP contribution in [0.5, 0.6) is 0 Å². The number of carbonyl (C=O) groups is 1. The second kappa shape index (κ2) is 11.9. The smallest absolute Gasteiger partial charge is 0.239 e. The lowest BCUT2D eigenvalue weighted by Gasteiger charge is -2.29. The van der Waals surface area contributed by atoms with Gasteiger partial charge in [-0.1, -0.05) is 0 Å². The predicted octanol–water partition coefficient (Wildman–Crippen LogP) is -0.497. The van der Waals surface area contributed by atoms with Crippen molar-refractivity contribution in [3.8, 4) is 0 Å². The molecule has 0 saturated carbocycles. The van der Waals surface area contributed by atoms with E-state index in [1.807, 2.05) is 11.8 Å². The third-order valence-electron chi connectivity index (χ3n) is 3.19. The highest BCUT2D eigenvalue weighted by molar-refractivity contribution is 5.81. The van der Waals surface area contributed by atoms with Crippen LogP contribution in [0.25, 0.3) is 0 Å². The summed E-state index contributed by atoms with van der Waals surface area (Å²) in [4.78, 5) is 13.9. The summed E-state index contributed by atoms with van der Waals surface area (Å²) in [7, 11) is 1.64. The van der Waals surface area contributed by atoms with E-state index < -0.39 is 0 Å². The Bertz CT molecular complexity index is 272. The van der Waals surface area contributed by atoms with Gasteiger partial charge in [0.1, 0.15) is 0 Å². The van der Waals surface area contributed by atoms with E-state index in [1.165, 1.54) is 0 Å². The molecule has 0 aromatic rings. The number of ether oxygens (including phenoxy) is 4. The lowest BCUT2D eigenvalue weighted by atomic mass is 10.2. The van der Waals surface area contributed by atoms with Crippen molar-refractivity contribution < 1.29 is 23.7 Å². The van der Waals surface area contributed by atoms with Gasteiger partial charge in [-0.2, -0.15) is 0 Å². The molecule has 1 amide bonds. The topological polar surface area (TPSA) is 69.3 Å². The highest BCUT2D eigenvalue weighted by Gasteiger charge is 2.21. The average molecular weight is 304 g/mol. The normalized spacial score (nSPS) is 17.0. The third-order valence-corrected chi connectivity index (χ3v) is 3.19. The summed E-state index contributed by atoms with van der Waals surface area (Å²) >= 11 is 0. The Labute approximate surface area is 126 Å². The highest BCUT2D eigenvalue weighted by atomic mass is 16.5. The van der Waals surface area contributed by atoms with E-state index >= 15 is 0 Å². The van der Waals surface area contributed by atoms with E-state index in [9.17, 15) is 4.79 Å². The van der Waals surface area contributed by atoms with Crippen molar-refractivity contribution in [2.24, 2.45) is 0 Å². The fraction of sp³-hybridized carbons (Fsp3) is 0.929. The van der Waals surface area contributed by atoms with Crippen LogP contribution < -0.4 is 5.32 Å². The molecule has 1 heterocycles. The number of amides is 1. The van der Waals surface area contributed by atoms with Gasteiger partial charge in [-0.3, -0.25) is 4.79 Å². The average Bonchev–Trinajstić information content (AvgIpc) is 2.53. The molecule has 1 aliphatic rings. The molecule has 1 rings (SSSR count). The molecule has 1 N–H and O–H groups in total. The van der Waals surface area contributed by atoms with E-state index in [0.29, 0.717) is 65.9 Å². The first-order chi connectivity index (χ1) is 10.3. The monoisotopic (exact) mass is 304 g/mol. The molecular formula is C14H28N2O5. The molecule has 0 aliphatic carbocycles. The fourth-order valence-electron chi connectivity index (χ4n) is 1.96. The van der Waals surface area contributed by atoms with Crippen LogP contribution in [0.2, 0.25) is 0 Å². The van der Waals surface area contributed by atoms with Gasteiger partial charge in [0.2, 0.25) is 5.91 Å². The zero-order chi connectivity index (χ0) is 15.3. The van der Waals surface area contributed by atoms with Crippen LogP contribution in [0.1, 0.15) is 6.92 Å². The second-order valence-corrected chi connectivity index (χ2v) is 4.83. The first-order valence-corrected chi connectivity index (χ1v) is 7.50. The van der Waals surface area contributed by atoms with E-state index in [1.54, 1.807) is 7.11 Å². The molecule has 1 aliphatic heterocycles. The second-order valence-electron chi connectivity index (χ2n) is 4.83. The molecule has 1 saturated heterocycles. The standard InChI is InChI=1S/C14H28N2O5/c1-13(14(17)16-4-7-20-8-5-16)15-3-6-19-11-12-21-10-9-18-2/h13,15H,3-12H2,1-2H3. The Kier molecular flexibility index (Phi) is 10.4. The van der Waals surface area contributed by atoms with Crippen molar-refractivity contribution in [3.05, 3.63) is 0 Å². The van der Waals surface area contributed by atoms with Crippen molar-refractivity contribution >= 4 is 5.91 Å². The van der Waals surface area contributed by atoms with Crippen molar-refractivity contribution in [2.75, 3.05) is 73.0 Å². The maximum atomic E-state index is 12.1. The van der Waals surface area contributed by atoms with Crippen LogP contribution in [-0.4, -0.2) is 89.8 Å². The van der Waals surface area contributed by atoms with Gasteiger partial charge in [0, 0.05) is 26.7 Å². The van der Waals surface area contributed by atoms with E-state index in [2.05, 4.69) is 5.32 Å². The molecule has 7 heteroatoms. The lowest BCUT2D eigenvalue weighted by Crippen LogP contribution is -2.49. The number of carbonyl (C=O) groups excluding carboxylic acids is 1. The minimum absolute atomic E-state index is 0.126. The molecule has 124 valence electrons. The first-order valence-electron chi connectivity index (χ1n) is 7.50. The Morgan fingerprint density at radius 3 is 2.43 bits per heavy atom. The highest BCUT2D eigenvalue weighted by Crippen LogP contribution is 2.00. The van der Waals surface area contributed by atoms with Gasteiger partial charge in [-0.15, -0.1) is 0 Å². The first kappa shape index (κ1) is 18.3. The summed E-state index contributed by atoms with van der Waals surface area (Å²) in [6.45, 7) is 8.01. The Hall–Kier alpha value is -0.730.